The van der Waals surface area contributed by atoms with Crippen molar-refractivity contribution in [3.63, 3.8) is 0 Å². The van der Waals surface area contributed by atoms with Crippen molar-refractivity contribution >= 4 is 22.5 Å². The minimum absolute atomic E-state index is 0.0758. The molecule has 3 N–H and O–H groups in total. The summed E-state index contributed by atoms with van der Waals surface area (Å²) in [6.07, 6.45) is 1.14. The molecule has 3 atom stereocenters. The van der Waals surface area contributed by atoms with E-state index in [1.54, 1.807) is 11.1 Å². The summed E-state index contributed by atoms with van der Waals surface area (Å²) >= 11 is 0. The number of likely N-dealkylation sites (tertiary alicyclic amines) is 1. The minimum Gasteiger partial charge on any atom is -0.494 e. The molecule has 1 saturated heterocycles. The number of carbonyl (C=O) groups is 1. The maximum atomic E-state index is 12.6. The molecule has 3 fully saturated rings. The molecule has 0 radical (unpaired) electrons. The summed E-state index contributed by atoms with van der Waals surface area (Å²) < 4.78 is 43.9. The maximum Gasteiger partial charge on any atom is 0.401 e. The fourth-order valence-corrected chi connectivity index (χ4v) is 5.81. The molecule has 1 amide bonds. The number of aromatic nitrogens is 1. The van der Waals surface area contributed by atoms with Crippen LogP contribution in [-0.2, 0) is 4.79 Å². The maximum absolute atomic E-state index is 12.6. The third-order valence-corrected chi connectivity index (χ3v) is 7.52. The summed E-state index contributed by atoms with van der Waals surface area (Å²) in [5.41, 5.74) is 1.60. The third kappa shape index (κ3) is 5.14. The average Bonchev–Trinajstić information content (AvgIpc) is 3.37. The van der Waals surface area contributed by atoms with Crippen molar-refractivity contribution in [2.24, 2.45) is 23.7 Å². The standard InChI is InChI=1S/C24H30F3N3O3/c25-24(26,27)13-30-11-16-5-14(6-17(16)12-30)3-4-33-19-1-2-21-20(9-19)22(10-28-21)29-23(32)15-7-18(31)8-15/h1-2,9-10,14-18,28,31H,3-8,11-13H2,(H,29,32)/t14?,15?,16-,17+,18?. The largest absolute Gasteiger partial charge is 0.494 e. The van der Waals surface area contributed by atoms with Crippen LogP contribution in [0.2, 0.25) is 0 Å². The molecule has 0 spiro atoms. The van der Waals surface area contributed by atoms with Crippen molar-refractivity contribution in [3.05, 3.63) is 24.4 Å². The van der Waals surface area contributed by atoms with Gasteiger partial charge >= 0.3 is 6.18 Å². The highest BCUT2D eigenvalue weighted by atomic mass is 19.4. The van der Waals surface area contributed by atoms with E-state index in [1.165, 1.54) is 0 Å². The fourth-order valence-electron chi connectivity index (χ4n) is 5.81. The molecule has 2 aliphatic carbocycles. The molecule has 2 aromatic rings. The predicted molar refractivity (Wildman–Crippen MR) is 118 cm³/mol. The van der Waals surface area contributed by atoms with Crippen LogP contribution in [0.4, 0.5) is 18.9 Å². The smallest absolute Gasteiger partial charge is 0.401 e. The number of amides is 1. The van der Waals surface area contributed by atoms with Crippen LogP contribution in [0.25, 0.3) is 10.9 Å². The van der Waals surface area contributed by atoms with Crippen LogP contribution in [-0.4, -0.2) is 59.4 Å². The molecule has 180 valence electrons. The van der Waals surface area contributed by atoms with Crippen LogP contribution >= 0.6 is 0 Å². The van der Waals surface area contributed by atoms with Crippen molar-refractivity contribution < 1.29 is 27.8 Å². The Hall–Kier alpha value is -2.26. The number of carbonyl (C=O) groups excluding carboxylic acids is 1. The van der Waals surface area contributed by atoms with Crippen molar-refractivity contribution in [1.29, 1.82) is 0 Å². The van der Waals surface area contributed by atoms with E-state index in [-0.39, 0.29) is 17.9 Å². The number of rotatable bonds is 7. The zero-order valence-electron chi connectivity index (χ0n) is 18.4. The summed E-state index contributed by atoms with van der Waals surface area (Å²) in [7, 11) is 0. The van der Waals surface area contributed by atoms with Gasteiger partial charge in [-0.2, -0.15) is 13.2 Å². The number of nitrogens with zero attached hydrogens (tertiary/aromatic N) is 1. The summed E-state index contributed by atoms with van der Waals surface area (Å²) in [5, 5.41) is 13.2. The van der Waals surface area contributed by atoms with Crippen LogP contribution in [0.5, 0.6) is 5.75 Å². The lowest BCUT2D eigenvalue weighted by atomic mass is 9.82. The summed E-state index contributed by atoms with van der Waals surface area (Å²) in [4.78, 5) is 17.0. The topological polar surface area (TPSA) is 77.6 Å². The Balaban J connectivity index is 1.10. The molecule has 6 nitrogen and oxygen atoms in total. The van der Waals surface area contributed by atoms with Crippen LogP contribution in [0.15, 0.2) is 24.4 Å². The minimum atomic E-state index is -4.12. The molecule has 5 rings (SSSR count). The van der Waals surface area contributed by atoms with Crippen molar-refractivity contribution in [3.8, 4) is 5.75 Å². The molecule has 2 saturated carbocycles. The summed E-state index contributed by atoms with van der Waals surface area (Å²) in [6.45, 7) is 0.883. The number of ether oxygens (including phenoxy) is 1. The van der Waals surface area contributed by atoms with E-state index in [9.17, 15) is 23.1 Å². The van der Waals surface area contributed by atoms with Gasteiger partial charge in [0.25, 0.3) is 0 Å². The summed E-state index contributed by atoms with van der Waals surface area (Å²) in [5.74, 6) is 1.75. The second-order valence-corrected chi connectivity index (χ2v) is 10.0. The lowest BCUT2D eigenvalue weighted by molar-refractivity contribution is -0.144. The van der Waals surface area contributed by atoms with Crippen molar-refractivity contribution in [2.75, 3.05) is 31.6 Å². The van der Waals surface area contributed by atoms with E-state index in [4.69, 9.17) is 4.74 Å². The average molecular weight is 466 g/mol. The predicted octanol–water partition coefficient (Wildman–Crippen LogP) is 4.17. The zero-order valence-corrected chi connectivity index (χ0v) is 18.4. The van der Waals surface area contributed by atoms with Crippen LogP contribution in [0, 0.1) is 23.7 Å². The van der Waals surface area contributed by atoms with Crippen molar-refractivity contribution in [1.82, 2.24) is 9.88 Å². The number of aliphatic hydroxyl groups is 1. The summed E-state index contributed by atoms with van der Waals surface area (Å²) in [6, 6.07) is 5.73. The molecular formula is C24H30F3N3O3. The Kier molecular flexibility index (Phi) is 6.03. The van der Waals surface area contributed by atoms with Gasteiger partial charge in [-0.3, -0.25) is 9.69 Å². The van der Waals surface area contributed by atoms with E-state index >= 15 is 0 Å². The number of anilines is 1. The van der Waals surface area contributed by atoms with Gasteiger partial charge in [0, 0.05) is 36.1 Å². The van der Waals surface area contributed by atoms with E-state index in [0.29, 0.717) is 56.0 Å². The first-order valence-corrected chi connectivity index (χ1v) is 11.8. The molecule has 9 heteroatoms. The van der Waals surface area contributed by atoms with Gasteiger partial charge in [0.1, 0.15) is 5.75 Å². The molecule has 1 aliphatic heterocycles. The number of H-pyrrole nitrogens is 1. The van der Waals surface area contributed by atoms with Gasteiger partial charge in [0.15, 0.2) is 0 Å². The molecule has 1 unspecified atom stereocenters. The third-order valence-electron chi connectivity index (χ3n) is 7.52. The van der Waals surface area contributed by atoms with E-state index in [1.807, 2.05) is 18.2 Å². The second-order valence-electron chi connectivity index (χ2n) is 10.0. The molecule has 33 heavy (non-hydrogen) atoms. The van der Waals surface area contributed by atoms with E-state index in [0.717, 1.165) is 35.9 Å². The first kappa shape index (κ1) is 22.5. The molecule has 2 heterocycles. The Morgan fingerprint density at radius 3 is 2.58 bits per heavy atom. The Morgan fingerprint density at radius 1 is 1.18 bits per heavy atom. The molecule has 3 aliphatic rings. The van der Waals surface area contributed by atoms with E-state index in [2.05, 4.69) is 10.3 Å². The number of alkyl halides is 3. The van der Waals surface area contributed by atoms with Gasteiger partial charge in [-0.1, -0.05) is 0 Å². The number of fused-ring (bicyclic) bond motifs is 2. The second kappa shape index (κ2) is 8.83. The Bertz CT molecular complexity index is 988. The van der Waals surface area contributed by atoms with Gasteiger partial charge in [0.2, 0.25) is 5.91 Å². The molecular weight excluding hydrogens is 435 g/mol. The highest BCUT2D eigenvalue weighted by Crippen LogP contribution is 2.43. The number of aromatic amines is 1. The fraction of sp³-hybridized carbons (Fsp3) is 0.625. The number of hydrogen-bond donors (Lipinski definition) is 3. The number of benzene rings is 1. The van der Waals surface area contributed by atoms with Gasteiger partial charge < -0.3 is 20.1 Å². The van der Waals surface area contributed by atoms with Crippen molar-refractivity contribution in [2.45, 2.75) is 44.4 Å². The Labute approximate surface area is 190 Å². The van der Waals surface area contributed by atoms with Gasteiger partial charge in [-0.15, -0.1) is 0 Å². The first-order chi connectivity index (χ1) is 15.7. The SMILES string of the molecule is O=C(Nc1c[nH]c2ccc(OCCC3C[C@@H]4CN(CC(F)(F)F)C[C@@H]4C3)cc12)C1CC(O)C1. The normalized spacial score (nSPS) is 29.8. The van der Waals surface area contributed by atoms with Crippen LogP contribution in [0.3, 0.4) is 0 Å². The number of nitrogens with one attached hydrogen (secondary N) is 2. The van der Waals surface area contributed by atoms with Gasteiger partial charge in [0.05, 0.1) is 24.9 Å². The van der Waals surface area contributed by atoms with E-state index < -0.39 is 12.7 Å². The number of hydrogen-bond acceptors (Lipinski definition) is 4. The first-order valence-electron chi connectivity index (χ1n) is 11.8. The lowest BCUT2D eigenvalue weighted by Crippen LogP contribution is -2.37. The highest BCUT2D eigenvalue weighted by Gasteiger charge is 2.43. The van der Waals surface area contributed by atoms with Crippen LogP contribution in [0.1, 0.15) is 32.1 Å². The quantitative estimate of drug-likeness (QED) is 0.574. The highest BCUT2D eigenvalue weighted by molar-refractivity contribution is 6.03. The molecule has 0 bridgehead atoms. The van der Waals surface area contributed by atoms with Crippen LogP contribution < -0.4 is 10.1 Å². The number of halogens is 3. The van der Waals surface area contributed by atoms with Gasteiger partial charge in [-0.05, 0) is 68.1 Å². The monoisotopic (exact) mass is 465 g/mol. The number of aliphatic hydroxyl groups excluding tert-OH is 1. The molecule has 1 aromatic carbocycles. The Morgan fingerprint density at radius 2 is 1.91 bits per heavy atom. The van der Waals surface area contributed by atoms with Gasteiger partial charge in [-0.25, -0.2) is 0 Å². The molecule has 1 aromatic heterocycles. The zero-order chi connectivity index (χ0) is 23.2. The lowest BCUT2D eigenvalue weighted by Gasteiger charge is -2.29.